The number of aromatic carboxylic acids is 1. The summed E-state index contributed by atoms with van der Waals surface area (Å²) in [6.07, 6.45) is 2.70. The molecule has 4 rings (SSSR count). The van der Waals surface area contributed by atoms with Gasteiger partial charge in [-0.3, -0.25) is 4.79 Å². The lowest BCUT2D eigenvalue weighted by molar-refractivity contribution is 0.0695. The number of urea groups is 1. The maximum Gasteiger partial charge on any atom is 0.341 e. The molecule has 0 bridgehead atoms. The van der Waals surface area contributed by atoms with Crippen LogP contribution in [0.4, 0.5) is 16.4 Å². The van der Waals surface area contributed by atoms with Crippen molar-refractivity contribution in [2.45, 2.75) is 13.5 Å². The molecule has 1 aliphatic heterocycles. The lowest BCUT2D eigenvalue weighted by atomic mass is 10.2. The van der Waals surface area contributed by atoms with Crippen molar-refractivity contribution in [3.63, 3.8) is 0 Å². The molecular weight excluding hydrogens is 400 g/mol. The Hall–Kier alpha value is -3.95. The number of nitrogens with zero attached hydrogens (tertiary/aromatic N) is 5. The Bertz CT molecular complexity index is 1190. The molecule has 2 N–H and O–H groups in total. The monoisotopic (exact) mass is 422 g/mol. The van der Waals surface area contributed by atoms with Crippen LogP contribution in [0.2, 0.25) is 0 Å². The second kappa shape index (κ2) is 8.42. The number of anilines is 2. The summed E-state index contributed by atoms with van der Waals surface area (Å²) in [5, 5.41) is 12.3. The first-order valence-corrected chi connectivity index (χ1v) is 9.97. The maximum absolute atomic E-state index is 12.5. The molecule has 1 saturated heterocycles. The highest BCUT2D eigenvalue weighted by Crippen LogP contribution is 2.17. The van der Waals surface area contributed by atoms with Gasteiger partial charge in [-0.1, -0.05) is 18.2 Å². The van der Waals surface area contributed by atoms with Crippen LogP contribution in [-0.2, 0) is 6.54 Å². The summed E-state index contributed by atoms with van der Waals surface area (Å²) in [5.41, 5.74) is 0.239. The van der Waals surface area contributed by atoms with Gasteiger partial charge in [-0.15, -0.1) is 0 Å². The normalized spacial score (nSPS) is 14.0. The van der Waals surface area contributed by atoms with Crippen molar-refractivity contribution >= 4 is 34.7 Å². The fourth-order valence-corrected chi connectivity index (χ4v) is 3.54. The van der Waals surface area contributed by atoms with Crippen LogP contribution in [0.25, 0.3) is 11.0 Å². The maximum atomic E-state index is 12.5. The number of nitrogens with one attached hydrogen (secondary N) is 1. The minimum Gasteiger partial charge on any atom is -0.477 e. The van der Waals surface area contributed by atoms with Crippen molar-refractivity contribution in [3.05, 3.63) is 58.5 Å². The molecule has 10 heteroatoms. The summed E-state index contributed by atoms with van der Waals surface area (Å²) in [4.78, 5) is 48.8. The van der Waals surface area contributed by atoms with E-state index in [-0.39, 0.29) is 17.0 Å². The predicted octanol–water partition coefficient (Wildman–Crippen LogP) is 1.86. The molecule has 1 aliphatic rings. The molecule has 0 spiro atoms. The fraction of sp³-hybridized carbons (Fsp3) is 0.286. The van der Waals surface area contributed by atoms with E-state index in [0.29, 0.717) is 44.3 Å². The molecule has 3 heterocycles. The van der Waals surface area contributed by atoms with Gasteiger partial charge < -0.3 is 24.8 Å². The van der Waals surface area contributed by atoms with Gasteiger partial charge in [-0.2, -0.15) is 4.98 Å². The number of aryl methyl sites for hydroxylation is 1. The van der Waals surface area contributed by atoms with E-state index in [2.05, 4.69) is 15.3 Å². The van der Waals surface area contributed by atoms with E-state index in [0.717, 1.165) is 5.69 Å². The van der Waals surface area contributed by atoms with Crippen LogP contribution in [-0.4, -0.2) is 62.7 Å². The van der Waals surface area contributed by atoms with Gasteiger partial charge in [0.1, 0.15) is 11.2 Å². The van der Waals surface area contributed by atoms with Crippen molar-refractivity contribution < 1.29 is 14.7 Å². The third kappa shape index (κ3) is 4.04. The summed E-state index contributed by atoms with van der Waals surface area (Å²) in [6.45, 7) is 4.38. The highest BCUT2D eigenvalue weighted by atomic mass is 16.4. The fourth-order valence-electron chi connectivity index (χ4n) is 3.54. The molecule has 0 radical (unpaired) electrons. The lowest BCUT2D eigenvalue weighted by Gasteiger charge is -2.34. The number of rotatable bonds is 4. The Morgan fingerprint density at radius 3 is 2.48 bits per heavy atom. The average molecular weight is 422 g/mol. The first kappa shape index (κ1) is 20.3. The number of carboxylic acid groups (broad SMARTS) is 1. The van der Waals surface area contributed by atoms with Crippen LogP contribution in [0.3, 0.4) is 0 Å². The third-order valence-corrected chi connectivity index (χ3v) is 5.25. The minimum atomic E-state index is -1.27. The van der Waals surface area contributed by atoms with Crippen LogP contribution in [0.1, 0.15) is 17.3 Å². The van der Waals surface area contributed by atoms with Gasteiger partial charge in [0.15, 0.2) is 0 Å². The second-order valence-corrected chi connectivity index (χ2v) is 7.14. The van der Waals surface area contributed by atoms with Crippen LogP contribution in [0, 0.1) is 0 Å². The second-order valence-electron chi connectivity index (χ2n) is 7.14. The molecule has 0 unspecified atom stereocenters. The van der Waals surface area contributed by atoms with Gasteiger partial charge in [0.2, 0.25) is 11.4 Å². The molecule has 0 aliphatic carbocycles. The zero-order valence-corrected chi connectivity index (χ0v) is 17.0. The molecule has 0 saturated carbocycles. The number of amides is 2. The Balaban J connectivity index is 1.51. The predicted molar refractivity (Wildman–Crippen MR) is 116 cm³/mol. The van der Waals surface area contributed by atoms with E-state index >= 15 is 0 Å². The molecule has 1 fully saturated rings. The summed E-state index contributed by atoms with van der Waals surface area (Å²) in [6, 6.07) is 9.12. The summed E-state index contributed by atoms with van der Waals surface area (Å²) in [7, 11) is 0. The average Bonchev–Trinajstić information content (AvgIpc) is 2.79. The summed E-state index contributed by atoms with van der Waals surface area (Å²) < 4.78 is 1.63. The number of hydrogen-bond acceptors (Lipinski definition) is 6. The highest BCUT2D eigenvalue weighted by molar-refractivity contribution is 5.92. The number of para-hydroxylation sites is 1. The number of hydrogen-bond donors (Lipinski definition) is 2. The summed E-state index contributed by atoms with van der Waals surface area (Å²) >= 11 is 0. The largest absolute Gasteiger partial charge is 0.477 e. The van der Waals surface area contributed by atoms with E-state index in [1.165, 1.54) is 12.4 Å². The number of aromatic nitrogens is 3. The van der Waals surface area contributed by atoms with Gasteiger partial charge in [-0.05, 0) is 19.1 Å². The van der Waals surface area contributed by atoms with E-state index < -0.39 is 11.4 Å². The van der Waals surface area contributed by atoms with E-state index in [9.17, 15) is 19.5 Å². The molecule has 10 nitrogen and oxygen atoms in total. The number of carboxylic acids is 1. The molecule has 1 aromatic carbocycles. The number of carbonyl (C=O) groups is 2. The molecular formula is C21H22N6O4. The van der Waals surface area contributed by atoms with Crippen molar-refractivity contribution in [3.8, 4) is 0 Å². The van der Waals surface area contributed by atoms with Gasteiger partial charge in [-0.25, -0.2) is 14.6 Å². The Labute approximate surface area is 177 Å². The first-order chi connectivity index (χ1) is 15.0. The minimum absolute atomic E-state index is 0.161. The lowest BCUT2D eigenvalue weighted by Crippen LogP contribution is -2.50. The van der Waals surface area contributed by atoms with Crippen LogP contribution in [0.5, 0.6) is 0 Å². The van der Waals surface area contributed by atoms with E-state index in [4.69, 9.17) is 0 Å². The molecule has 2 aromatic heterocycles. The SMILES string of the molecule is CCn1cc(C(=O)O)c(=O)c2cnc(N3CCN(C(=O)Nc4ccccc4)CC3)nc21. The smallest absolute Gasteiger partial charge is 0.341 e. The van der Waals surface area contributed by atoms with Gasteiger partial charge in [0.25, 0.3) is 0 Å². The highest BCUT2D eigenvalue weighted by Gasteiger charge is 2.24. The van der Waals surface area contributed by atoms with Gasteiger partial charge in [0.05, 0.1) is 5.39 Å². The molecule has 2 amide bonds. The number of benzene rings is 1. The number of piperazine rings is 1. The quantitative estimate of drug-likeness (QED) is 0.658. The molecule has 31 heavy (non-hydrogen) atoms. The zero-order valence-electron chi connectivity index (χ0n) is 17.0. The first-order valence-electron chi connectivity index (χ1n) is 9.97. The van der Waals surface area contributed by atoms with Crippen LogP contribution in [0.15, 0.2) is 47.5 Å². The molecule has 0 atom stereocenters. The summed E-state index contributed by atoms with van der Waals surface area (Å²) in [5.74, 6) is -0.830. The van der Waals surface area contributed by atoms with Crippen LogP contribution >= 0.6 is 0 Å². The third-order valence-electron chi connectivity index (χ3n) is 5.25. The van der Waals surface area contributed by atoms with Crippen molar-refractivity contribution in [1.29, 1.82) is 0 Å². The molecule has 160 valence electrons. The van der Waals surface area contributed by atoms with Gasteiger partial charge >= 0.3 is 12.0 Å². The molecule has 3 aromatic rings. The Morgan fingerprint density at radius 1 is 1.13 bits per heavy atom. The topological polar surface area (TPSA) is 121 Å². The number of pyridine rings is 1. The standard InChI is InChI=1S/C21H22N6O4/c1-2-25-13-16(19(29)30)17(28)15-12-22-20(24-18(15)25)26-8-10-27(11-9-26)21(31)23-14-6-4-3-5-7-14/h3-7,12-13H,2,8-11H2,1H3,(H,23,31)(H,29,30). The van der Waals surface area contributed by atoms with Gasteiger partial charge in [0, 0.05) is 50.8 Å². The Morgan fingerprint density at radius 2 is 1.84 bits per heavy atom. The van der Waals surface area contributed by atoms with Crippen molar-refractivity contribution in [1.82, 2.24) is 19.4 Å². The van der Waals surface area contributed by atoms with Crippen molar-refractivity contribution in [2.24, 2.45) is 0 Å². The Kier molecular flexibility index (Phi) is 5.52. The number of carbonyl (C=O) groups excluding carboxylic acids is 1. The van der Waals surface area contributed by atoms with Crippen molar-refractivity contribution in [2.75, 3.05) is 36.4 Å². The van der Waals surface area contributed by atoms with Crippen LogP contribution < -0.4 is 15.6 Å². The van der Waals surface area contributed by atoms with E-state index in [1.807, 2.05) is 42.2 Å². The number of fused-ring (bicyclic) bond motifs is 1. The zero-order chi connectivity index (χ0) is 22.0. The van der Waals surface area contributed by atoms with E-state index in [1.54, 1.807) is 9.47 Å².